The van der Waals surface area contributed by atoms with E-state index in [1.165, 1.54) is 16.7 Å². The van der Waals surface area contributed by atoms with Crippen molar-refractivity contribution in [2.45, 2.75) is 34.1 Å². The first kappa shape index (κ1) is 24.7. The summed E-state index contributed by atoms with van der Waals surface area (Å²) < 4.78 is 0. The van der Waals surface area contributed by atoms with E-state index in [2.05, 4.69) is 28.1 Å². The molecule has 0 saturated carbocycles. The minimum absolute atomic E-state index is 0.0290. The fourth-order valence-electron chi connectivity index (χ4n) is 2.70. The molecule has 0 radical (unpaired) electrons. The van der Waals surface area contributed by atoms with Crippen molar-refractivity contribution in [2.75, 3.05) is 17.2 Å². The summed E-state index contributed by atoms with van der Waals surface area (Å²) in [5.41, 5.74) is 5.27. The average molecular weight is 432 g/mol. The highest BCUT2D eigenvalue weighted by Gasteiger charge is 2.06. The zero-order valence-electron chi connectivity index (χ0n) is 19.3. The Labute approximate surface area is 191 Å². The standard InChI is InChI=1S/C16H18N2O.C11H15NO/c1-13-7-9-15(10-8-13)18-16(19)17-12-11-14-5-3-2-4-6-14;1-8(2)11(13)12-10-6-4-9(3)5-7-10/h2-10H,11-12H2,1H3,(H2,17,18,19);4-8H,1-3H3,(H,12,13). The highest BCUT2D eigenvalue weighted by atomic mass is 16.2. The lowest BCUT2D eigenvalue weighted by Gasteiger charge is -2.07. The maximum Gasteiger partial charge on any atom is 0.319 e. The normalized spacial score (nSPS) is 10.0. The van der Waals surface area contributed by atoms with Gasteiger partial charge >= 0.3 is 6.03 Å². The van der Waals surface area contributed by atoms with Gasteiger partial charge in [-0.3, -0.25) is 4.79 Å². The maximum absolute atomic E-state index is 11.7. The Balaban J connectivity index is 0.000000244. The third kappa shape index (κ3) is 9.47. The van der Waals surface area contributed by atoms with Crippen LogP contribution in [0, 0.1) is 19.8 Å². The molecule has 0 spiro atoms. The number of nitrogens with one attached hydrogen (secondary N) is 3. The highest BCUT2D eigenvalue weighted by molar-refractivity contribution is 5.92. The molecule has 3 N–H and O–H groups in total. The Bertz CT molecular complexity index is 966. The molecular formula is C27H33N3O2. The number of anilines is 2. The van der Waals surface area contributed by atoms with Crippen molar-refractivity contribution >= 4 is 23.3 Å². The molecule has 32 heavy (non-hydrogen) atoms. The van der Waals surface area contributed by atoms with Gasteiger partial charge in [-0.2, -0.15) is 0 Å². The second-order valence-corrected chi connectivity index (χ2v) is 7.99. The molecule has 3 aromatic carbocycles. The Hall–Kier alpha value is -3.60. The van der Waals surface area contributed by atoms with E-state index in [1.54, 1.807) is 0 Å². The zero-order valence-corrected chi connectivity index (χ0v) is 19.3. The van der Waals surface area contributed by atoms with Gasteiger partial charge in [-0.15, -0.1) is 0 Å². The van der Waals surface area contributed by atoms with Crippen LogP contribution in [0.1, 0.15) is 30.5 Å². The Morgan fingerprint density at radius 2 is 1.22 bits per heavy atom. The van der Waals surface area contributed by atoms with Crippen molar-refractivity contribution in [1.29, 1.82) is 0 Å². The quantitative estimate of drug-likeness (QED) is 0.451. The fraction of sp³-hybridized carbons (Fsp3) is 0.259. The van der Waals surface area contributed by atoms with Crippen LogP contribution in [0.2, 0.25) is 0 Å². The highest BCUT2D eigenvalue weighted by Crippen LogP contribution is 2.10. The molecule has 0 saturated heterocycles. The number of hydrogen-bond donors (Lipinski definition) is 3. The molecule has 0 aliphatic carbocycles. The number of carbonyl (C=O) groups is 2. The molecule has 0 atom stereocenters. The van der Waals surface area contributed by atoms with Crippen LogP contribution in [0.4, 0.5) is 16.2 Å². The summed E-state index contributed by atoms with van der Waals surface area (Å²) in [5.74, 6) is 0.0881. The van der Waals surface area contributed by atoms with Crippen LogP contribution in [0.3, 0.4) is 0 Å². The summed E-state index contributed by atoms with van der Waals surface area (Å²) in [4.78, 5) is 23.0. The van der Waals surface area contributed by atoms with E-state index in [-0.39, 0.29) is 17.9 Å². The van der Waals surface area contributed by atoms with Crippen LogP contribution in [0.15, 0.2) is 78.9 Å². The molecule has 3 rings (SSSR count). The van der Waals surface area contributed by atoms with Gasteiger partial charge in [0.15, 0.2) is 0 Å². The monoisotopic (exact) mass is 431 g/mol. The number of benzene rings is 3. The molecule has 0 aliphatic heterocycles. The molecule has 0 aromatic heterocycles. The molecule has 0 heterocycles. The second kappa shape index (κ2) is 13.0. The van der Waals surface area contributed by atoms with Crippen molar-refractivity contribution in [3.63, 3.8) is 0 Å². The number of carbonyl (C=O) groups excluding carboxylic acids is 2. The van der Waals surface area contributed by atoms with Gasteiger partial charge in [0.25, 0.3) is 0 Å². The largest absolute Gasteiger partial charge is 0.338 e. The van der Waals surface area contributed by atoms with Crippen molar-refractivity contribution in [2.24, 2.45) is 5.92 Å². The smallest absolute Gasteiger partial charge is 0.319 e. The van der Waals surface area contributed by atoms with E-state index in [4.69, 9.17) is 0 Å². The first-order valence-corrected chi connectivity index (χ1v) is 10.9. The Kier molecular flexibility index (Phi) is 9.98. The average Bonchev–Trinajstić information content (AvgIpc) is 2.78. The van der Waals surface area contributed by atoms with Gasteiger partial charge in [-0.1, -0.05) is 79.6 Å². The number of rotatable bonds is 6. The molecule has 5 heteroatoms. The number of aryl methyl sites for hydroxylation is 2. The van der Waals surface area contributed by atoms with Crippen LogP contribution in [0.5, 0.6) is 0 Å². The first-order chi connectivity index (χ1) is 15.3. The summed E-state index contributed by atoms with van der Waals surface area (Å²) >= 11 is 0. The minimum atomic E-state index is -0.167. The topological polar surface area (TPSA) is 70.2 Å². The molecule has 168 valence electrons. The lowest BCUT2D eigenvalue weighted by Crippen LogP contribution is -2.30. The molecule has 0 aliphatic rings. The predicted octanol–water partition coefficient (Wildman–Crippen LogP) is 5.95. The summed E-state index contributed by atoms with van der Waals surface area (Å²) in [7, 11) is 0. The predicted molar refractivity (Wildman–Crippen MR) is 133 cm³/mol. The van der Waals surface area contributed by atoms with Crippen LogP contribution in [-0.4, -0.2) is 18.5 Å². The summed E-state index contributed by atoms with van der Waals surface area (Å²) in [6.45, 7) is 8.42. The summed E-state index contributed by atoms with van der Waals surface area (Å²) in [5, 5.41) is 8.48. The van der Waals surface area contributed by atoms with Gasteiger partial charge in [0.05, 0.1) is 0 Å². The van der Waals surface area contributed by atoms with Gasteiger partial charge < -0.3 is 16.0 Å². The molecule has 0 fully saturated rings. The van der Waals surface area contributed by atoms with Gasteiger partial charge in [0.2, 0.25) is 5.91 Å². The number of amides is 3. The second-order valence-electron chi connectivity index (χ2n) is 7.99. The van der Waals surface area contributed by atoms with Crippen LogP contribution in [0.25, 0.3) is 0 Å². The maximum atomic E-state index is 11.7. The van der Waals surface area contributed by atoms with Crippen molar-refractivity contribution in [3.8, 4) is 0 Å². The van der Waals surface area contributed by atoms with Gasteiger partial charge in [0, 0.05) is 23.8 Å². The Morgan fingerprint density at radius 3 is 1.72 bits per heavy atom. The van der Waals surface area contributed by atoms with E-state index < -0.39 is 0 Å². The lowest BCUT2D eigenvalue weighted by molar-refractivity contribution is -0.118. The first-order valence-electron chi connectivity index (χ1n) is 10.9. The van der Waals surface area contributed by atoms with E-state index in [0.29, 0.717) is 6.54 Å². The molecule has 3 aromatic rings. The van der Waals surface area contributed by atoms with Crippen molar-refractivity contribution in [3.05, 3.63) is 95.6 Å². The third-order valence-corrected chi connectivity index (χ3v) is 4.69. The van der Waals surface area contributed by atoms with Crippen LogP contribution in [-0.2, 0) is 11.2 Å². The third-order valence-electron chi connectivity index (χ3n) is 4.69. The van der Waals surface area contributed by atoms with E-state index >= 15 is 0 Å². The van der Waals surface area contributed by atoms with Crippen molar-refractivity contribution < 1.29 is 9.59 Å². The Morgan fingerprint density at radius 1 is 0.719 bits per heavy atom. The minimum Gasteiger partial charge on any atom is -0.338 e. The fourth-order valence-corrected chi connectivity index (χ4v) is 2.70. The van der Waals surface area contributed by atoms with Gasteiger partial charge in [-0.05, 0) is 50.1 Å². The van der Waals surface area contributed by atoms with Crippen LogP contribution < -0.4 is 16.0 Å². The molecule has 0 bridgehead atoms. The number of urea groups is 1. The van der Waals surface area contributed by atoms with Crippen molar-refractivity contribution in [1.82, 2.24) is 5.32 Å². The summed E-state index contributed by atoms with van der Waals surface area (Å²) in [6.07, 6.45) is 0.835. The molecular weight excluding hydrogens is 398 g/mol. The van der Waals surface area contributed by atoms with E-state index in [1.807, 2.05) is 94.4 Å². The van der Waals surface area contributed by atoms with E-state index in [0.717, 1.165) is 17.8 Å². The van der Waals surface area contributed by atoms with Gasteiger partial charge in [0.1, 0.15) is 0 Å². The zero-order chi connectivity index (χ0) is 23.3. The number of hydrogen-bond acceptors (Lipinski definition) is 2. The lowest BCUT2D eigenvalue weighted by atomic mass is 10.1. The molecule has 5 nitrogen and oxygen atoms in total. The molecule has 0 unspecified atom stereocenters. The summed E-state index contributed by atoms with van der Waals surface area (Å²) in [6, 6.07) is 25.5. The van der Waals surface area contributed by atoms with Gasteiger partial charge in [-0.25, -0.2) is 4.79 Å². The SMILES string of the molecule is Cc1ccc(NC(=O)C(C)C)cc1.Cc1ccc(NC(=O)NCCc2ccccc2)cc1. The van der Waals surface area contributed by atoms with Crippen LogP contribution >= 0.6 is 0 Å². The molecule has 3 amide bonds. The van der Waals surface area contributed by atoms with E-state index in [9.17, 15) is 9.59 Å².